The topological polar surface area (TPSA) is 26.0 Å². The molecule has 1 aliphatic carbocycles. The number of nitrogens with two attached hydrogens (primary N) is 1. The second kappa shape index (κ2) is 3.76. The number of hydrogen-bond donors (Lipinski definition) is 1. The summed E-state index contributed by atoms with van der Waals surface area (Å²) >= 11 is 2.54. The van der Waals surface area contributed by atoms with Gasteiger partial charge >= 0.3 is 0 Å². The monoisotopic (exact) mass is 239 g/mol. The van der Waals surface area contributed by atoms with Gasteiger partial charge in [0.05, 0.1) is 0 Å². The van der Waals surface area contributed by atoms with E-state index in [2.05, 4.69) is 22.6 Å². The van der Waals surface area contributed by atoms with Crippen LogP contribution in [0, 0.1) is 5.92 Å². The summed E-state index contributed by atoms with van der Waals surface area (Å²) in [7, 11) is 0. The van der Waals surface area contributed by atoms with Gasteiger partial charge in [-0.15, -0.1) is 0 Å². The van der Waals surface area contributed by atoms with E-state index < -0.39 is 0 Å². The maximum Gasteiger partial charge on any atom is 0.0150 e. The molecule has 2 unspecified atom stereocenters. The lowest BCUT2D eigenvalue weighted by Crippen LogP contribution is -2.26. The molecule has 0 aromatic heterocycles. The molecule has 1 nitrogen and oxygen atoms in total. The van der Waals surface area contributed by atoms with Gasteiger partial charge in [0.15, 0.2) is 0 Å². The quantitative estimate of drug-likeness (QED) is 0.549. The Labute approximate surface area is 70.5 Å². The molecule has 1 fully saturated rings. The molecule has 1 aliphatic rings. The summed E-state index contributed by atoms with van der Waals surface area (Å²) in [5, 5.41) is 0. The molecule has 2 N–H and O–H groups in total. The zero-order chi connectivity index (χ0) is 6.69. The Morgan fingerprint density at radius 1 is 1.33 bits per heavy atom. The molecular weight excluding hydrogens is 225 g/mol. The SMILES string of the molecule is NCC1CCCCC1I. The Kier molecular flexibility index (Phi) is 3.26. The highest BCUT2D eigenvalue weighted by Crippen LogP contribution is 2.29. The normalized spacial score (nSPS) is 36.7. The lowest BCUT2D eigenvalue weighted by molar-refractivity contribution is 0.389. The molecule has 0 radical (unpaired) electrons. The summed E-state index contributed by atoms with van der Waals surface area (Å²) < 4.78 is 0.862. The molecule has 0 heterocycles. The highest BCUT2D eigenvalue weighted by Gasteiger charge is 2.20. The van der Waals surface area contributed by atoms with Crippen molar-refractivity contribution < 1.29 is 0 Å². The minimum Gasteiger partial charge on any atom is -0.330 e. The second-order valence-corrected chi connectivity index (χ2v) is 4.40. The Balaban J connectivity index is 2.30. The van der Waals surface area contributed by atoms with Gasteiger partial charge in [0.1, 0.15) is 0 Å². The van der Waals surface area contributed by atoms with Crippen molar-refractivity contribution in [3.63, 3.8) is 0 Å². The maximum atomic E-state index is 5.59. The van der Waals surface area contributed by atoms with Crippen molar-refractivity contribution in [3.8, 4) is 0 Å². The van der Waals surface area contributed by atoms with Crippen LogP contribution in [0.2, 0.25) is 0 Å². The summed E-state index contributed by atoms with van der Waals surface area (Å²) in [5.74, 6) is 0.819. The highest BCUT2D eigenvalue weighted by molar-refractivity contribution is 14.1. The molecular formula is C7H14IN. The lowest BCUT2D eigenvalue weighted by Gasteiger charge is -2.25. The summed E-state index contributed by atoms with van der Waals surface area (Å²) in [4.78, 5) is 0. The van der Waals surface area contributed by atoms with Crippen LogP contribution in [-0.4, -0.2) is 10.5 Å². The Morgan fingerprint density at radius 3 is 2.44 bits per heavy atom. The predicted octanol–water partition coefficient (Wildman–Crippen LogP) is 1.94. The average Bonchev–Trinajstić information content (AvgIpc) is 1.89. The first-order valence-electron chi connectivity index (χ1n) is 3.68. The van der Waals surface area contributed by atoms with Crippen molar-refractivity contribution in [1.29, 1.82) is 0 Å². The van der Waals surface area contributed by atoms with Crippen LogP contribution in [-0.2, 0) is 0 Å². The lowest BCUT2D eigenvalue weighted by atomic mass is 9.89. The molecule has 54 valence electrons. The summed E-state index contributed by atoms with van der Waals surface area (Å²) in [6.07, 6.45) is 5.58. The van der Waals surface area contributed by atoms with Crippen molar-refractivity contribution >= 4 is 22.6 Å². The molecule has 0 spiro atoms. The number of alkyl halides is 1. The first kappa shape index (κ1) is 7.79. The number of hydrogen-bond acceptors (Lipinski definition) is 1. The van der Waals surface area contributed by atoms with Gasteiger partial charge in [0, 0.05) is 3.92 Å². The molecule has 0 saturated heterocycles. The van der Waals surface area contributed by atoms with Gasteiger partial charge in [-0.1, -0.05) is 35.4 Å². The van der Waals surface area contributed by atoms with E-state index in [0.29, 0.717) is 0 Å². The molecule has 0 bridgehead atoms. The van der Waals surface area contributed by atoms with Gasteiger partial charge in [-0.05, 0) is 25.3 Å². The summed E-state index contributed by atoms with van der Waals surface area (Å²) in [6.45, 7) is 0.896. The van der Waals surface area contributed by atoms with Crippen LogP contribution in [0.3, 0.4) is 0 Å². The standard InChI is InChI=1S/C7H14IN/c8-7-4-2-1-3-6(7)5-9/h6-7H,1-5,9H2. The van der Waals surface area contributed by atoms with Crippen LogP contribution >= 0.6 is 22.6 Å². The largest absolute Gasteiger partial charge is 0.330 e. The maximum absolute atomic E-state index is 5.59. The van der Waals surface area contributed by atoms with E-state index in [9.17, 15) is 0 Å². The molecule has 0 aromatic rings. The zero-order valence-corrected chi connectivity index (χ0v) is 7.80. The van der Waals surface area contributed by atoms with Crippen LogP contribution in [0.1, 0.15) is 25.7 Å². The van der Waals surface area contributed by atoms with Gasteiger partial charge in [0.2, 0.25) is 0 Å². The molecule has 1 saturated carbocycles. The molecule has 1 rings (SSSR count). The van der Waals surface area contributed by atoms with Crippen molar-refractivity contribution in [2.24, 2.45) is 11.7 Å². The molecule has 2 heteroatoms. The van der Waals surface area contributed by atoms with E-state index in [1.54, 1.807) is 0 Å². The third kappa shape index (κ3) is 2.08. The molecule has 2 atom stereocenters. The van der Waals surface area contributed by atoms with E-state index in [4.69, 9.17) is 5.73 Å². The zero-order valence-electron chi connectivity index (χ0n) is 5.65. The first-order valence-corrected chi connectivity index (χ1v) is 4.93. The van der Waals surface area contributed by atoms with Crippen LogP contribution in [0.25, 0.3) is 0 Å². The second-order valence-electron chi connectivity index (χ2n) is 2.80. The van der Waals surface area contributed by atoms with E-state index >= 15 is 0 Å². The fourth-order valence-electron chi connectivity index (χ4n) is 1.43. The van der Waals surface area contributed by atoms with Gasteiger partial charge in [-0.25, -0.2) is 0 Å². The van der Waals surface area contributed by atoms with E-state index in [1.807, 2.05) is 0 Å². The average molecular weight is 239 g/mol. The van der Waals surface area contributed by atoms with E-state index in [-0.39, 0.29) is 0 Å². The fourth-order valence-corrected chi connectivity index (χ4v) is 2.52. The van der Waals surface area contributed by atoms with Crippen molar-refractivity contribution in [2.45, 2.75) is 29.6 Å². The van der Waals surface area contributed by atoms with Crippen LogP contribution in [0.4, 0.5) is 0 Å². The third-order valence-electron chi connectivity index (χ3n) is 2.12. The van der Waals surface area contributed by atoms with Gasteiger partial charge in [-0.3, -0.25) is 0 Å². The minimum atomic E-state index is 0.819. The molecule has 9 heavy (non-hydrogen) atoms. The van der Waals surface area contributed by atoms with Crippen LogP contribution < -0.4 is 5.73 Å². The Hall–Kier alpha value is 0.690. The van der Waals surface area contributed by atoms with E-state index in [1.165, 1.54) is 25.7 Å². The van der Waals surface area contributed by atoms with Crippen LogP contribution in [0.5, 0.6) is 0 Å². The number of halogens is 1. The Morgan fingerprint density at radius 2 is 2.00 bits per heavy atom. The third-order valence-corrected chi connectivity index (χ3v) is 3.76. The summed E-state index contributed by atoms with van der Waals surface area (Å²) in [6, 6.07) is 0. The highest BCUT2D eigenvalue weighted by atomic mass is 127. The van der Waals surface area contributed by atoms with Crippen molar-refractivity contribution in [2.75, 3.05) is 6.54 Å². The van der Waals surface area contributed by atoms with E-state index in [0.717, 1.165) is 16.4 Å². The predicted molar refractivity (Wildman–Crippen MR) is 48.8 cm³/mol. The van der Waals surface area contributed by atoms with Crippen molar-refractivity contribution in [3.05, 3.63) is 0 Å². The summed E-state index contributed by atoms with van der Waals surface area (Å²) in [5.41, 5.74) is 5.59. The van der Waals surface area contributed by atoms with Crippen LogP contribution in [0.15, 0.2) is 0 Å². The van der Waals surface area contributed by atoms with Gasteiger partial charge < -0.3 is 5.73 Å². The fraction of sp³-hybridized carbons (Fsp3) is 1.00. The van der Waals surface area contributed by atoms with Crippen molar-refractivity contribution in [1.82, 2.24) is 0 Å². The Bertz CT molecular complexity index is 85.0. The smallest absolute Gasteiger partial charge is 0.0150 e. The molecule has 0 aliphatic heterocycles. The first-order chi connectivity index (χ1) is 4.34. The minimum absolute atomic E-state index is 0.819. The molecule has 0 aromatic carbocycles. The molecule has 0 amide bonds. The van der Waals surface area contributed by atoms with Gasteiger partial charge in [0.25, 0.3) is 0 Å². The number of rotatable bonds is 1. The van der Waals surface area contributed by atoms with Gasteiger partial charge in [-0.2, -0.15) is 0 Å².